The van der Waals surface area contributed by atoms with Gasteiger partial charge >= 0.3 is 0 Å². The third-order valence-electron chi connectivity index (χ3n) is 8.17. The zero-order chi connectivity index (χ0) is 30.1. The van der Waals surface area contributed by atoms with Crippen molar-refractivity contribution in [3.63, 3.8) is 0 Å². The summed E-state index contributed by atoms with van der Waals surface area (Å²) in [6, 6.07) is 14.3. The van der Waals surface area contributed by atoms with Crippen LogP contribution in [0.4, 0.5) is 15.1 Å². The topological polar surface area (TPSA) is 129 Å². The van der Waals surface area contributed by atoms with Gasteiger partial charge in [0.25, 0.3) is 0 Å². The number of nitrogens with two attached hydrogens (primary N) is 2. The highest BCUT2D eigenvalue weighted by Crippen LogP contribution is 2.31. The number of H-pyrrole nitrogens is 1. The number of aromatic amines is 1. The number of aromatic nitrogens is 2. The van der Waals surface area contributed by atoms with E-state index in [1.807, 2.05) is 37.4 Å². The lowest BCUT2D eigenvalue weighted by Gasteiger charge is -2.31. The van der Waals surface area contributed by atoms with Crippen molar-refractivity contribution in [3.05, 3.63) is 86.3 Å². The molecule has 0 bridgehead atoms. The number of benzene rings is 2. The number of hydrogen-bond donors (Lipinski definition) is 5. The van der Waals surface area contributed by atoms with Crippen molar-refractivity contribution < 1.29 is 9.50 Å². The van der Waals surface area contributed by atoms with E-state index >= 15 is 4.39 Å². The highest BCUT2D eigenvalue weighted by atomic mass is 35.5. The van der Waals surface area contributed by atoms with Crippen molar-refractivity contribution in [1.29, 1.82) is 0 Å². The maximum absolute atomic E-state index is 15.1. The number of nitrogens with zero attached hydrogens (tertiary/aromatic N) is 3. The molecule has 4 heterocycles. The number of fused-ring (bicyclic) bond motifs is 1. The average molecular weight is 622 g/mol. The number of aliphatic hydroxyl groups excluding tert-OH is 1. The first-order chi connectivity index (χ1) is 20.7. The lowest BCUT2D eigenvalue weighted by Crippen LogP contribution is -2.41. The summed E-state index contributed by atoms with van der Waals surface area (Å²) in [4.78, 5) is 13.8. The first-order valence-corrected chi connectivity index (χ1v) is 16.0. The van der Waals surface area contributed by atoms with Crippen molar-refractivity contribution >= 4 is 39.8 Å². The second kappa shape index (κ2) is 12.8. The Bertz CT molecular complexity index is 1700. The summed E-state index contributed by atoms with van der Waals surface area (Å²) in [6.45, 7) is 1.98. The van der Waals surface area contributed by atoms with Crippen molar-refractivity contribution in [2.24, 2.45) is 10.7 Å². The number of hydrogen-bond acceptors (Lipinski definition) is 8. The fraction of sp³-hybridized carbons (Fsp3) is 0.375. The Labute approximate surface area is 259 Å². The molecule has 7 N–H and O–H groups in total. The molecule has 0 amide bonds. The number of anilines is 2. The fourth-order valence-corrected chi connectivity index (χ4v) is 6.99. The van der Waals surface area contributed by atoms with Crippen molar-refractivity contribution in [2.45, 2.75) is 76.3 Å². The van der Waals surface area contributed by atoms with Crippen molar-refractivity contribution in [3.8, 4) is 11.3 Å². The standard InChI is InChI=1S/C32H37ClFN7OS/c1-18(35)4-2-5-19-12-24(30(34)25(33)13-19)27-14-21-17-41(32(42)40-31(21)39-27)23-10-8-20(9-11-23)26-7-3-6-22(38-26)15-29-37-16-28(36)43-29/h8-14,16-18,22,26,32,38,42H,2-7,15,35-36H2,1H3,(H,39,40)/t18-,22-,26-,32?/m0/s1. The van der Waals surface area contributed by atoms with Crippen molar-refractivity contribution in [1.82, 2.24) is 15.3 Å². The quantitative estimate of drug-likeness (QED) is 0.183. The van der Waals surface area contributed by atoms with E-state index in [9.17, 15) is 5.11 Å². The molecule has 0 spiro atoms. The van der Waals surface area contributed by atoms with Crippen LogP contribution in [0.5, 0.6) is 0 Å². The number of aryl methyl sites for hydroxylation is 1. The van der Waals surface area contributed by atoms with Crippen LogP contribution in [-0.2, 0) is 12.8 Å². The second-order valence-electron chi connectivity index (χ2n) is 11.6. The second-order valence-corrected chi connectivity index (χ2v) is 13.2. The zero-order valence-electron chi connectivity index (χ0n) is 24.1. The molecule has 0 saturated carbocycles. The molecule has 0 radical (unpaired) electrons. The molecule has 1 saturated heterocycles. The maximum Gasteiger partial charge on any atom is 0.231 e. The Morgan fingerprint density at radius 1 is 1.21 bits per heavy atom. The lowest BCUT2D eigenvalue weighted by atomic mass is 9.92. The third-order valence-corrected chi connectivity index (χ3v) is 9.29. The number of nitrogen functional groups attached to an aromatic ring is 1. The van der Waals surface area contributed by atoms with Gasteiger partial charge in [0.05, 0.1) is 21.9 Å². The number of aliphatic hydroxyl groups is 1. The van der Waals surface area contributed by atoms with Gasteiger partial charge in [-0.1, -0.05) is 23.7 Å². The molecule has 226 valence electrons. The predicted octanol–water partition coefficient (Wildman–Crippen LogP) is 4.76. The Morgan fingerprint density at radius 2 is 2.02 bits per heavy atom. The highest BCUT2D eigenvalue weighted by molar-refractivity contribution is 7.15. The Balaban J connectivity index is 1.19. The molecular weight excluding hydrogens is 585 g/mol. The number of halogens is 2. The summed E-state index contributed by atoms with van der Waals surface area (Å²) in [6.07, 6.45) is 9.16. The molecule has 11 heteroatoms. The molecule has 2 aliphatic heterocycles. The largest absolute Gasteiger partial charge is 0.389 e. The highest BCUT2D eigenvalue weighted by Gasteiger charge is 2.24. The van der Waals surface area contributed by atoms with Crippen LogP contribution in [-0.4, -0.2) is 33.5 Å². The smallest absolute Gasteiger partial charge is 0.231 e. The maximum atomic E-state index is 15.1. The van der Waals surface area contributed by atoms with Gasteiger partial charge in [-0.05, 0) is 86.9 Å². The van der Waals surface area contributed by atoms with E-state index in [2.05, 4.69) is 32.4 Å². The molecule has 4 atom stereocenters. The molecule has 1 unspecified atom stereocenters. The first-order valence-electron chi connectivity index (χ1n) is 14.8. The number of piperidine rings is 1. The van der Waals surface area contributed by atoms with Gasteiger partial charge in [-0.25, -0.2) is 14.4 Å². The molecule has 1 fully saturated rings. The fourth-order valence-electron chi connectivity index (χ4n) is 5.98. The van der Waals surface area contributed by atoms with Crippen LogP contribution in [0.1, 0.15) is 61.2 Å². The summed E-state index contributed by atoms with van der Waals surface area (Å²) >= 11 is 7.82. The van der Waals surface area contributed by atoms with Crippen LogP contribution >= 0.6 is 22.9 Å². The minimum atomic E-state index is -1.12. The van der Waals surface area contributed by atoms with Gasteiger partial charge in [0.2, 0.25) is 6.35 Å². The SMILES string of the molecule is C[C@H](N)CCCc1cc(Cl)c(F)c(-c2cc3c([nH]2)=NC(O)N(c2ccc([C@@H]4CCC[C@@H](Cc5ncc(N)s5)N4)cc2)C=3)c1. The van der Waals surface area contributed by atoms with Gasteiger partial charge in [-0.3, -0.25) is 0 Å². The summed E-state index contributed by atoms with van der Waals surface area (Å²) in [5, 5.41) is 17.3. The normalized spacial score (nSPS) is 20.8. The van der Waals surface area contributed by atoms with E-state index in [0.29, 0.717) is 22.8 Å². The van der Waals surface area contributed by atoms with Crippen LogP contribution in [0.2, 0.25) is 5.02 Å². The van der Waals surface area contributed by atoms with E-state index in [0.717, 1.165) is 71.4 Å². The zero-order valence-corrected chi connectivity index (χ0v) is 25.6. The summed E-state index contributed by atoms with van der Waals surface area (Å²) in [7, 11) is 0. The summed E-state index contributed by atoms with van der Waals surface area (Å²) < 4.78 is 15.1. The molecular formula is C32H37ClFN7OS. The van der Waals surface area contributed by atoms with E-state index in [1.165, 1.54) is 5.56 Å². The van der Waals surface area contributed by atoms with Gasteiger partial charge in [-0.15, -0.1) is 11.3 Å². The van der Waals surface area contributed by atoms with Crippen LogP contribution < -0.4 is 32.4 Å². The van der Waals surface area contributed by atoms with E-state index in [1.54, 1.807) is 28.5 Å². The van der Waals surface area contributed by atoms with E-state index in [4.69, 9.17) is 23.1 Å². The van der Waals surface area contributed by atoms with Gasteiger partial charge in [0.1, 0.15) is 10.5 Å². The predicted molar refractivity (Wildman–Crippen MR) is 172 cm³/mol. The van der Waals surface area contributed by atoms with Crippen LogP contribution in [0, 0.1) is 5.82 Å². The summed E-state index contributed by atoms with van der Waals surface area (Å²) in [5.41, 5.74) is 16.1. The first kappa shape index (κ1) is 29.8. The minimum absolute atomic E-state index is 0.0789. The summed E-state index contributed by atoms with van der Waals surface area (Å²) in [5.74, 6) is -0.487. The Kier molecular flexibility index (Phi) is 8.83. The molecule has 4 aromatic rings. The minimum Gasteiger partial charge on any atom is -0.389 e. The molecule has 2 aromatic heterocycles. The van der Waals surface area contributed by atoms with Gasteiger partial charge in [-0.2, -0.15) is 0 Å². The van der Waals surface area contributed by atoms with Crippen molar-refractivity contribution in [2.75, 3.05) is 10.6 Å². The number of thiazole rings is 1. The monoisotopic (exact) mass is 621 g/mol. The molecule has 43 heavy (non-hydrogen) atoms. The Morgan fingerprint density at radius 3 is 2.77 bits per heavy atom. The van der Waals surface area contributed by atoms with Gasteiger partial charge in [0, 0.05) is 47.2 Å². The van der Waals surface area contributed by atoms with E-state index in [-0.39, 0.29) is 17.1 Å². The van der Waals surface area contributed by atoms with E-state index < -0.39 is 12.2 Å². The number of rotatable bonds is 9. The van der Waals surface area contributed by atoms with Gasteiger partial charge in [0.15, 0.2) is 5.82 Å². The number of nitrogens with one attached hydrogen (secondary N) is 2. The molecule has 6 rings (SSSR count). The average Bonchev–Trinajstić information content (AvgIpc) is 3.59. The molecule has 0 aliphatic carbocycles. The third kappa shape index (κ3) is 6.78. The van der Waals surface area contributed by atoms with Crippen LogP contribution in [0.15, 0.2) is 53.7 Å². The Hall–Kier alpha value is -3.28. The molecule has 8 nitrogen and oxygen atoms in total. The van der Waals surface area contributed by atoms with Gasteiger partial charge < -0.3 is 31.8 Å². The van der Waals surface area contributed by atoms with Crippen LogP contribution in [0.25, 0.3) is 17.5 Å². The molecule has 2 aromatic carbocycles. The van der Waals surface area contributed by atoms with Crippen LogP contribution in [0.3, 0.4) is 0 Å². The molecule has 2 aliphatic rings. The lowest BCUT2D eigenvalue weighted by molar-refractivity contribution is 0.186.